The number of hydrogen-bond donors (Lipinski definition) is 2. The lowest BCUT2D eigenvalue weighted by molar-refractivity contribution is 0.296. The highest BCUT2D eigenvalue weighted by Crippen LogP contribution is 2.45. The Kier molecular flexibility index (Phi) is 10.5. The molecule has 238 valence electrons. The second-order valence-electron chi connectivity index (χ2n) is 12.9. The number of halogens is 1. The van der Waals surface area contributed by atoms with Crippen molar-refractivity contribution >= 4 is 22.9 Å². The zero-order chi connectivity index (χ0) is 31.4. The first-order valence-electron chi connectivity index (χ1n) is 16.9. The second kappa shape index (κ2) is 14.2. The highest BCUT2D eigenvalue weighted by molar-refractivity contribution is 7.10. The van der Waals surface area contributed by atoms with Crippen LogP contribution in [0.3, 0.4) is 0 Å². The molecule has 4 heterocycles. The summed E-state index contributed by atoms with van der Waals surface area (Å²) in [7, 11) is 2.22. The number of rotatable bonds is 9. The third kappa shape index (κ3) is 6.78. The number of aryl methyl sites for hydroxylation is 2. The van der Waals surface area contributed by atoms with Gasteiger partial charge in [0.15, 0.2) is 11.0 Å². The Bertz CT molecular complexity index is 1420. The molecule has 0 bridgehead atoms. The number of nitrogens with zero attached hydrogens (tertiary/aromatic N) is 5. The van der Waals surface area contributed by atoms with E-state index in [0.717, 1.165) is 116 Å². The van der Waals surface area contributed by atoms with Gasteiger partial charge in [0.25, 0.3) is 0 Å². The summed E-state index contributed by atoms with van der Waals surface area (Å²) in [6.45, 7) is 12.2. The summed E-state index contributed by atoms with van der Waals surface area (Å²) in [5.74, 6) is 1.39. The van der Waals surface area contributed by atoms with E-state index in [1.54, 1.807) is 0 Å². The summed E-state index contributed by atoms with van der Waals surface area (Å²) < 4.78 is 14.7. The van der Waals surface area contributed by atoms with Crippen LogP contribution in [0.15, 0.2) is 17.2 Å². The van der Waals surface area contributed by atoms with E-state index < -0.39 is 0 Å². The monoisotopic (exact) mass is 619 g/mol. The Morgan fingerprint density at radius 1 is 1.23 bits per heavy atom. The van der Waals surface area contributed by atoms with Gasteiger partial charge in [-0.05, 0) is 95.9 Å². The van der Waals surface area contributed by atoms with E-state index >= 15 is 0 Å². The standard InChI is InChI=1S/C33H44FN7S.C2H6/c1-4-7-25(21(2)24-9-5-10-27-29(24)26(19-35)31(34)42-27)30(36)32-38-22(11-12-23-8-6-16-40(23)3)18-28(39-32)41-17-15-37-33(20-41)13-14-33;1-2/h18,23-24,36-37H,4-17,20H2,1-3H3;1-2H3/b25-21+,36-30?;/t23?,24-;/m1./s1. The molecule has 2 saturated heterocycles. The summed E-state index contributed by atoms with van der Waals surface area (Å²) >= 11 is 1.13. The molecule has 7 nitrogen and oxygen atoms in total. The number of nitrogens with one attached hydrogen (secondary N) is 2. The van der Waals surface area contributed by atoms with Gasteiger partial charge in [-0.3, -0.25) is 5.41 Å². The van der Waals surface area contributed by atoms with Crippen LogP contribution in [0.5, 0.6) is 0 Å². The smallest absolute Gasteiger partial charge is 0.194 e. The SMILES string of the molecule is CC.CCC/C(C(=N)c1nc(CCC2CCCN2C)cc(N2CCNC3(CC3)C2)n1)=C(/C)[C@H]1CCCc2sc(F)c(C#N)c21. The number of aromatic nitrogens is 2. The Morgan fingerprint density at radius 3 is 2.70 bits per heavy atom. The van der Waals surface area contributed by atoms with Crippen molar-refractivity contribution in [1.29, 1.82) is 10.7 Å². The van der Waals surface area contributed by atoms with Crippen LogP contribution in [0.4, 0.5) is 10.2 Å². The average Bonchev–Trinajstić information content (AvgIpc) is 3.50. The van der Waals surface area contributed by atoms with Crippen molar-refractivity contribution in [3.8, 4) is 6.07 Å². The van der Waals surface area contributed by atoms with Gasteiger partial charge >= 0.3 is 0 Å². The van der Waals surface area contributed by atoms with Crippen LogP contribution in [-0.2, 0) is 12.8 Å². The molecule has 1 saturated carbocycles. The van der Waals surface area contributed by atoms with Crippen molar-refractivity contribution in [3.63, 3.8) is 0 Å². The van der Waals surface area contributed by atoms with Gasteiger partial charge in [0.05, 0.1) is 0 Å². The Labute approximate surface area is 267 Å². The minimum atomic E-state index is -0.368. The fraction of sp³-hybridized carbons (Fsp3) is 0.657. The molecular formula is C35H50FN7S. The van der Waals surface area contributed by atoms with Crippen LogP contribution < -0.4 is 10.2 Å². The number of likely N-dealkylation sites (tertiary alicyclic amines) is 1. The second-order valence-corrected chi connectivity index (χ2v) is 14.0. The van der Waals surface area contributed by atoms with E-state index in [-0.39, 0.29) is 22.2 Å². The van der Waals surface area contributed by atoms with Gasteiger partial charge in [0, 0.05) is 53.8 Å². The molecule has 0 aromatic carbocycles. The van der Waals surface area contributed by atoms with Gasteiger partial charge in [-0.25, -0.2) is 9.97 Å². The van der Waals surface area contributed by atoms with Crippen LogP contribution >= 0.6 is 11.3 Å². The summed E-state index contributed by atoms with van der Waals surface area (Å²) in [5.41, 5.74) is 4.70. The number of allylic oxidation sites excluding steroid dienone is 2. The predicted molar refractivity (Wildman–Crippen MR) is 179 cm³/mol. The fourth-order valence-corrected chi connectivity index (χ4v) is 8.53. The van der Waals surface area contributed by atoms with E-state index in [4.69, 9.17) is 9.97 Å². The van der Waals surface area contributed by atoms with Crippen LogP contribution in [0.1, 0.15) is 119 Å². The molecule has 0 amide bonds. The van der Waals surface area contributed by atoms with Crippen LogP contribution in [0.2, 0.25) is 0 Å². The molecular weight excluding hydrogens is 569 g/mol. The Balaban J connectivity index is 0.00000188. The van der Waals surface area contributed by atoms with Gasteiger partial charge in [-0.15, -0.1) is 11.3 Å². The first-order chi connectivity index (χ1) is 21.3. The van der Waals surface area contributed by atoms with Gasteiger partial charge in [-0.2, -0.15) is 9.65 Å². The summed E-state index contributed by atoms with van der Waals surface area (Å²) in [4.78, 5) is 16.0. The molecule has 6 rings (SSSR count). The molecule has 2 aliphatic heterocycles. The fourth-order valence-electron chi connectivity index (χ4n) is 7.46. The van der Waals surface area contributed by atoms with E-state index in [0.29, 0.717) is 17.6 Å². The van der Waals surface area contributed by atoms with Crippen LogP contribution in [0, 0.1) is 21.9 Å². The topological polar surface area (TPSA) is 91.9 Å². The molecule has 1 unspecified atom stereocenters. The minimum absolute atomic E-state index is 0.0468. The molecule has 0 radical (unpaired) electrons. The van der Waals surface area contributed by atoms with Crippen molar-refractivity contribution in [2.75, 3.05) is 38.1 Å². The highest BCUT2D eigenvalue weighted by Gasteiger charge is 2.46. The van der Waals surface area contributed by atoms with E-state index in [9.17, 15) is 15.1 Å². The van der Waals surface area contributed by atoms with Crippen molar-refractivity contribution in [2.24, 2.45) is 0 Å². The molecule has 2 atom stereocenters. The van der Waals surface area contributed by atoms with Crippen molar-refractivity contribution in [1.82, 2.24) is 20.2 Å². The largest absolute Gasteiger partial charge is 0.353 e. The number of nitriles is 1. The third-order valence-electron chi connectivity index (χ3n) is 10.1. The van der Waals surface area contributed by atoms with Crippen molar-refractivity contribution in [3.05, 3.63) is 49.9 Å². The molecule has 9 heteroatoms. The lowest BCUT2D eigenvalue weighted by Gasteiger charge is -2.35. The average molecular weight is 620 g/mol. The molecule has 2 N–H and O–H groups in total. The molecule has 3 fully saturated rings. The third-order valence-corrected chi connectivity index (χ3v) is 11.1. The zero-order valence-electron chi connectivity index (χ0n) is 27.4. The van der Waals surface area contributed by atoms with Gasteiger partial charge in [0.2, 0.25) is 0 Å². The Morgan fingerprint density at radius 2 is 2.02 bits per heavy atom. The first kappa shape index (κ1) is 32.7. The van der Waals surface area contributed by atoms with Crippen LogP contribution in [-0.4, -0.2) is 65.4 Å². The molecule has 2 aromatic heterocycles. The zero-order valence-corrected chi connectivity index (χ0v) is 28.2. The maximum atomic E-state index is 14.7. The number of hydrogen-bond acceptors (Lipinski definition) is 8. The predicted octanol–water partition coefficient (Wildman–Crippen LogP) is 7.15. The van der Waals surface area contributed by atoms with Gasteiger partial charge in [-0.1, -0.05) is 32.8 Å². The van der Waals surface area contributed by atoms with Crippen molar-refractivity contribution < 1.29 is 4.39 Å². The van der Waals surface area contributed by atoms with Gasteiger partial charge in [0.1, 0.15) is 23.2 Å². The number of piperazine rings is 1. The quantitative estimate of drug-likeness (QED) is 0.290. The van der Waals surface area contributed by atoms with Crippen molar-refractivity contribution in [2.45, 2.75) is 116 Å². The molecule has 44 heavy (non-hydrogen) atoms. The lowest BCUT2D eigenvalue weighted by atomic mass is 9.78. The molecule has 2 aliphatic carbocycles. The maximum absolute atomic E-state index is 14.7. The number of fused-ring (bicyclic) bond motifs is 1. The molecule has 2 aromatic rings. The molecule has 4 aliphatic rings. The van der Waals surface area contributed by atoms with E-state index in [1.165, 1.54) is 25.7 Å². The normalized spacial score (nSPS) is 23.0. The summed E-state index contributed by atoms with van der Waals surface area (Å²) in [5, 5.41) is 22.6. The Hall–Kier alpha value is -2.67. The van der Waals surface area contributed by atoms with Gasteiger partial charge < -0.3 is 15.1 Å². The van der Waals surface area contributed by atoms with E-state index in [2.05, 4.69) is 48.1 Å². The summed E-state index contributed by atoms with van der Waals surface area (Å²) in [6.07, 6.45) is 11.1. The number of thiophene rings is 1. The van der Waals surface area contributed by atoms with Crippen LogP contribution in [0.25, 0.3) is 0 Å². The van der Waals surface area contributed by atoms with E-state index in [1.807, 2.05) is 13.8 Å². The lowest BCUT2D eigenvalue weighted by Crippen LogP contribution is -2.52. The number of anilines is 1. The first-order valence-corrected chi connectivity index (χ1v) is 17.7. The molecule has 1 spiro atoms. The maximum Gasteiger partial charge on any atom is 0.194 e. The minimum Gasteiger partial charge on any atom is -0.353 e. The highest BCUT2D eigenvalue weighted by atomic mass is 32.1. The summed E-state index contributed by atoms with van der Waals surface area (Å²) in [6, 6.07) is 4.90.